The van der Waals surface area contributed by atoms with E-state index in [1.54, 1.807) is 0 Å². The lowest BCUT2D eigenvalue weighted by Crippen LogP contribution is -2.53. The fourth-order valence-corrected chi connectivity index (χ4v) is 4.17. The SMILES string of the molecule is NC1(C(=O)NCCN2CCCS2(=O)=O)CCCC1. The molecule has 2 rings (SSSR count). The van der Waals surface area contributed by atoms with Crippen molar-refractivity contribution in [2.24, 2.45) is 5.73 Å². The molecule has 0 atom stereocenters. The summed E-state index contributed by atoms with van der Waals surface area (Å²) in [4.78, 5) is 11.9. The second-order valence-electron chi connectivity index (χ2n) is 5.19. The summed E-state index contributed by atoms with van der Waals surface area (Å²) in [5.41, 5.74) is 5.27. The first-order valence-corrected chi connectivity index (χ1v) is 8.10. The van der Waals surface area contributed by atoms with Gasteiger partial charge in [-0.2, -0.15) is 0 Å². The van der Waals surface area contributed by atoms with Gasteiger partial charge in [0, 0.05) is 19.6 Å². The Hall–Kier alpha value is -0.660. The van der Waals surface area contributed by atoms with E-state index in [1.807, 2.05) is 0 Å². The Balaban J connectivity index is 1.77. The minimum absolute atomic E-state index is 0.142. The maximum atomic E-state index is 11.9. The van der Waals surface area contributed by atoms with Crippen molar-refractivity contribution in [1.82, 2.24) is 9.62 Å². The first kappa shape index (κ1) is 13.8. The predicted octanol–water partition coefficient (Wildman–Crippen LogP) is -0.590. The summed E-state index contributed by atoms with van der Waals surface area (Å²) in [5, 5.41) is 2.76. The molecule has 3 N–H and O–H groups in total. The van der Waals surface area contributed by atoms with Gasteiger partial charge in [0.2, 0.25) is 15.9 Å². The molecule has 0 aromatic heterocycles. The number of rotatable bonds is 4. The maximum absolute atomic E-state index is 11.9. The summed E-state index contributed by atoms with van der Waals surface area (Å²) >= 11 is 0. The highest BCUT2D eigenvalue weighted by atomic mass is 32.2. The van der Waals surface area contributed by atoms with Crippen LogP contribution in [0.2, 0.25) is 0 Å². The Kier molecular flexibility index (Phi) is 3.93. The Labute approximate surface area is 108 Å². The maximum Gasteiger partial charge on any atom is 0.240 e. The second kappa shape index (κ2) is 5.14. The van der Waals surface area contributed by atoms with Crippen molar-refractivity contribution in [1.29, 1.82) is 0 Å². The summed E-state index contributed by atoms with van der Waals surface area (Å²) in [6.07, 6.45) is 4.10. The van der Waals surface area contributed by atoms with E-state index in [-0.39, 0.29) is 11.7 Å². The molecule has 1 saturated carbocycles. The van der Waals surface area contributed by atoms with E-state index in [2.05, 4.69) is 5.32 Å². The molecule has 0 bridgehead atoms. The van der Waals surface area contributed by atoms with Crippen LogP contribution in [-0.4, -0.2) is 49.6 Å². The Bertz CT molecular complexity index is 415. The highest BCUT2D eigenvalue weighted by Gasteiger charge is 2.37. The minimum Gasteiger partial charge on any atom is -0.353 e. The third-order valence-corrected chi connectivity index (χ3v) is 5.75. The summed E-state index contributed by atoms with van der Waals surface area (Å²) in [7, 11) is -3.07. The van der Waals surface area contributed by atoms with Crippen molar-refractivity contribution in [2.45, 2.75) is 37.6 Å². The molecular formula is C11H21N3O3S. The lowest BCUT2D eigenvalue weighted by Gasteiger charge is -2.23. The van der Waals surface area contributed by atoms with Crippen LogP contribution >= 0.6 is 0 Å². The molecule has 0 aromatic rings. The van der Waals surface area contributed by atoms with Gasteiger partial charge in [-0.25, -0.2) is 12.7 Å². The van der Waals surface area contributed by atoms with E-state index in [1.165, 1.54) is 4.31 Å². The van der Waals surface area contributed by atoms with Crippen LogP contribution in [0.25, 0.3) is 0 Å². The molecule has 1 aliphatic carbocycles. The van der Waals surface area contributed by atoms with Gasteiger partial charge in [-0.3, -0.25) is 4.79 Å². The van der Waals surface area contributed by atoms with Gasteiger partial charge in [-0.15, -0.1) is 0 Å². The van der Waals surface area contributed by atoms with Crippen LogP contribution in [0, 0.1) is 0 Å². The molecular weight excluding hydrogens is 254 g/mol. The molecule has 1 heterocycles. The van der Waals surface area contributed by atoms with Crippen LogP contribution in [0.5, 0.6) is 0 Å². The first-order chi connectivity index (χ1) is 8.44. The van der Waals surface area contributed by atoms with Gasteiger partial charge < -0.3 is 11.1 Å². The van der Waals surface area contributed by atoms with Crippen LogP contribution in [0.15, 0.2) is 0 Å². The number of nitrogens with zero attached hydrogens (tertiary/aromatic N) is 1. The highest BCUT2D eigenvalue weighted by molar-refractivity contribution is 7.89. The number of carbonyl (C=O) groups is 1. The smallest absolute Gasteiger partial charge is 0.240 e. The fourth-order valence-electron chi connectivity index (χ4n) is 2.65. The van der Waals surface area contributed by atoms with Crippen LogP contribution in [-0.2, 0) is 14.8 Å². The molecule has 0 radical (unpaired) electrons. The molecule has 18 heavy (non-hydrogen) atoms. The quantitative estimate of drug-likeness (QED) is 0.717. The summed E-state index contributed by atoms with van der Waals surface area (Å²) in [6, 6.07) is 0. The van der Waals surface area contributed by atoms with Crippen molar-refractivity contribution >= 4 is 15.9 Å². The predicted molar refractivity (Wildman–Crippen MR) is 68.4 cm³/mol. The van der Waals surface area contributed by atoms with Crippen molar-refractivity contribution in [3.8, 4) is 0 Å². The van der Waals surface area contributed by atoms with Crippen LogP contribution in [0.1, 0.15) is 32.1 Å². The molecule has 0 unspecified atom stereocenters. The zero-order chi connectivity index (χ0) is 13.2. The van der Waals surface area contributed by atoms with E-state index < -0.39 is 15.6 Å². The highest BCUT2D eigenvalue weighted by Crippen LogP contribution is 2.27. The molecule has 7 heteroatoms. The molecule has 2 fully saturated rings. The zero-order valence-electron chi connectivity index (χ0n) is 10.5. The van der Waals surface area contributed by atoms with Gasteiger partial charge >= 0.3 is 0 Å². The number of sulfonamides is 1. The summed E-state index contributed by atoms with van der Waals surface area (Å²) < 4.78 is 24.5. The van der Waals surface area contributed by atoms with Crippen molar-refractivity contribution in [3.63, 3.8) is 0 Å². The van der Waals surface area contributed by atoms with E-state index in [9.17, 15) is 13.2 Å². The van der Waals surface area contributed by atoms with Gasteiger partial charge in [0.1, 0.15) is 0 Å². The number of amides is 1. The van der Waals surface area contributed by atoms with Gasteiger partial charge in [-0.05, 0) is 19.3 Å². The zero-order valence-corrected chi connectivity index (χ0v) is 11.3. The van der Waals surface area contributed by atoms with Gasteiger partial charge in [0.15, 0.2) is 0 Å². The van der Waals surface area contributed by atoms with Crippen molar-refractivity contribution < 1.29 is 13.2 Å². The van der Waals surface area contributed by atoms with E-state index in [0.29, 0.717) is 26.1 Å². The number of nitrogens with two attached hydrogens (primary N) is 1. The number of nitrogens with one attached hydrogen (secondary N) is 1. The van der Waals surface area contributed by atoms with E-state index in [0.717, 1.165) is 25.7 Å². The molecule has 1 aliphatic heterocycles. The lowest BCUT2D eigenvalue weighted by atomic mass is 9.98. The van der Waals surface area contributed by atoms with Crippen LogP contribution < -0.4 is 11.1 Å². The molecule has 0 aromatic carbocycles. The Morgan fingerprint density at radius 2 is 1.94 bits per heavy atom. The van der Waals surface area contributed by atoms with Gasteiger partial charge in [0.05, 0.1) is 11.3 Å². The molecule has 1 saturated heterocycles. The molecule has 0 spiro atoms. The van der Waals surface area contributed by atoms with Gasteiger partial charge in [0.25, 0.3) is 0 Å². The summed E-state index contributed by atoms with van der Waals surface area (Å²) in [6.45, 7) is 1.26. The molecule has 2 aliphatic rings. The minimum atomic E-state index is -3.07. The van der Waals surface area contributed by atoms with E-state index >= 15 is 0 Å². The standard InChI is InChI=1S/C11H21N3O3S/c12-11(4-1-2-5-11)10(15)13-6-8-14-7-3-9-18(14,16)17/h1-9,12H2,(H,13,15). The Morgan fingerprint density at radius 1 is 1.28 bits per heavy atom. The van der Waals surface area contributed by atoms with Gasteiger partial charge in [-0.1, -0.05) is 12.8 Å². The topological polar surface area (TPSA) is 92.5 Å². The van der Waals surface area contributed by atoms with E-state index in [4.69, 9.17) is 5.73 Å². The normalized spacial score (nSPS) is 26.3. The number of carbonyl (C=O) groups excluding carboxylic acids is 1. The largest absolute Gasteiger partial charge is 0.353 e. The Morgan fingerprint density at radius 3 is 2.50 bits per heavy atom. The second-order valence-corrected chi connectivity index (χ2v) is 7.28. The number of hydrogen-bond donors (Lipinski definition) is 2. The fraction of sp³-hybridized carbons (Fsp3) is 0.909. The molecule has 6 nitrogen and oxygen atoms in total. The third-order valence-electron chi connectivity index (χ3n) is 3.80. The first-order valence-electron chi connectivity index (χ1n) is 6.49. The third kappa shape index (κ3) is 2.84. The number of hydrogen-bond acceptors (Lipinski definition) is 4. The average Bonchev–Trinajstić information content (AvgIpc) is 2.87. The summed E-state index contributed by atoms with van der Waals surface area (Å²) in [5.74, 6) is 0.0819. The monoisotopic (exact) mass is 275 g/mol. The van der Waals surface area contributed by atoms with Crippen LogP contribution in [0.3, 0.4) is 0 Å². The molecule has 104 valence electrons. The average molecular weight is 275 g/mol. The van der Waals surface area contributed by atoms with Crippen LogP contribution in [0.4, 0.5) is 0 Å². The lowest BCUT2D eigenvalue weighted by molar-refractivity contribution is -0.126. The molecule has 1 amide bonds. The van der Waals surface area contributed by atoms with Crippen molar-refractivity contribution in [2.75, 3.05) is 25.4 Å². The van der Waals surface area contributed by atoms with Crippen molar-refractivity contribution in [3.05, 3.63) is 0 Å².